The lowest BCUT2D eigenvalue weighted by Crippen LogP contribution is -2.47. The third kappa shape index (κ3) is 4.20. The predicted molar refractivity (Wildman–Crippen MR) is 81.4 cm³/mol. The van der Waals surface area contributed by atoms with Crippen LogP contribution in [0.2, 0.25) is 0 Å². The largest absolute Gasteiger partial charge is 0.491 e. The second-order valence-corrected chi connectivity index (χ2v) is 5.77. The summed E-state index contributed by atoms with van der Waals surface area (Å²) in [5.74, 6) is 0.877. The molecule has 112 valence electrons. The number of aliphatic hydroxyl groups is 1. The highest BCUT2D eigenvalue weighted by Crippen LogP contribution is 2.20. The van der Waals surface area contributed by atoms with Gasteiger partial charge in [-0.25, -0.2) is 0 Å². The quantitative estimate of drug-likeness (QED) is 0.880. The maximum Gasteiger partial charge on any atom is 0.122 e. The second kappa shape index (κ2) is 7.07. The van der Waals surface area contributed by atoms with Crippen molar-refractivity contribution in [2.75, 3.05) is 46.4 Å². The summed E-state index contributed by atoms with van der Waals surface area (Å²) in [6.45, 7) is 9.37. The first-order chi connectivity index (χ1) is 9.56. The van der Waals surface area contributed by atoms with Crippen molar-refractivity contribution in [1.29, 1.82) is 0 Å². The van der Waals surface area contributed by atoms with Crippen molar-refractivity contribution in [1.82, 2.24) is 9.80 Å². The summed E-state index contributed by atoms with van der Waals surface area (Å²) >= 11 is 0. The van der Waals surface area contributed by atoms with Crippen molar-refractivity contribution >= 4 is 0 Å². The molecule has 0 radical (unpaired) electrons. The van der Waals surface area contributed by atoms with Gasteiger partial charge in [0.05, 0.1) is 0 Å². The maximum atomic E-state index is 10.1. The molecule has 4 heteroatoms. The molecule has 0 unspecified atom stereocenters. The van der Waals surface area contributed by atoms with Gasteiger partial charge in [0.15, 0.2) is 0 Å². The fourth-order valence-electron chi connectivity index (χ4n) is 2.45. The molecule has 1 N–H and O–H groups in total. The molecule has 1 aromatic rings. The zero-order chi connectivity index (χ0) is 14.5. The lowest BCUT2D eigenvalue weighted by molar-refractivity contribution is 0.0503. The van der Waals surface area contributed by atoms with E-state index < -0.39 is 6.10 Å². The molecule has 1 aliphatic heterocycles. The Bertz CT molecular complexity index is 428. The summed E-state index contributed by atoms with van der Waals surface area (Å²) in [6.07, 6.45) is -0.432. The first-order valence-corrected chi connectivity index (χ1v) is 7.34. The minimum Gasteiger partial charge on any atom is -0.491 e. The molecule has 2 rings (SSSR count). The molecular formula is C16H26N2O2. The molecule has 0 spiro atoms. The van der Waals surface area contributed by atoms with E-state index in [9.17, 15) is 5.11 Å². The zero-order valence-electron chi connectivity index (χ0n) is 12.8. The van der Waals surface area contributed by atoms with Gasteiger partial charge in [-0.15, -0.1) is 0 Å². The van der Waals surface area contributed by atoms with Crippen LogP contribution in [0.15, 0.2) is 18.2 Å². The van der Waals surface area contributed by atoms with Crippen LogP contribution in [-0.4, -0.2) is 67.4 Å². The first kappa shape index (κ1) is 15.3. The lowest BCUT2D eigenvalue weighted by Gasteiger charge is -2.33. The van der Waals surface area contributed by atoms with Crippen molar-refractivity contribution < 1.29 is 9.84 Å². The molecule has 4 nitrogen and oxygen atoms in total. The topological polar surface area (TPSA) is 35.9 Å². The van der Waals surface area contributed by atoms with Gasteiger partial charge in [0.2, 0.25) is 0 Å². The van der Waals surface area contributed by atoms with Crippen LogP contribution in [0.25, 0.3) is 0 Å². The number of likely N-dealkylation sites (N-methyl/N-ethyl adjacent to an activating group) is 1. The molecule has 0 aliphatic carbocycles. The summed E-state index contributed by atoms with van der Waals surface area (Å²) in [6, 6.07) is 6.03. The number of nitrogens with zero attached hydrogens (tertiary/aromatic N) is 2. The van der Waals surface area contributed by atoms with E-state index in [1.54, 1.807) is 0 Å². The average molecular weight is 278 g/mol. The highest BCUT2D eigenvalue weighted by Gasteiger charge is 2.17. The number of aryl methyl sites for hydroxylation is 1. The van der Waals surface area contributed by atoms with Crippen LogP contribution >= 0.6 is 0 Å². The number of benzene rings is 1. The number of rotatable bonds is 5. The number of β-amino-alcohol motifs (C(OH)–C–C–N with tert-alkyl or cyclic N) is 1. The molecule has 1 fully saturated rings. The van der Waals surface area contributed by atoms with Gasteiger partial charge in [0.1, 0.15) is 18.5 Å². The number of ether oxygens (including phenoxy) is 1. The second-order valence-electron chi connectivity index (χ2n) is 5.77. The van der Waals surface area contributed by atoms with Crippen LogP contribution in [0.1, 0.15) is 11.1 Å². The highest BCUT2D eigenvalue weighted by atomic mass is 16.5. The van der Waals surface area contributed by atoms with Gasteiger partial charge in [0, 0.05) is 32.7 Å². The van der Waals surface area contributed by atoms with E-state index in [-0.39, 0.29) is 0 Å². The smallest absolute Gasteiger partial charge is 0.122 e. The van der Waals surface area contributed by atoms with Gasteiger partial charge in [-0.1, -0.05) is 12.1 Å². The van der Waals surface area contributed by atoms with Crippen molar-refractivity contribution in [2.45, 2.75) is 20.0 Å². The maximum absolute atomic E-state index is 10.1. The summed E-state index contributed by atoms with van der Waals surface area (Å²) in [7, 11) is 2.14. The average Bonchev–Trinajstić information content (AvgIpc) is 2.43. The molecule has 0 amide bonds. The number of hydrogen-bond acceptors (Lipinski definition) is 4. The van der Waals surface area contributed by atoms with Gasteiger partial charge < -0.3 is 14.7 Å². The van der Waals surface area contributed by atoms with Crippen LogP contribution in [0.3, 0.4) is 0 Å². The molecular weight excluding hydrogens is 252 g/mol. The van der Waals surface area contributed by atoms with Crippen molar-refractivity contribution in [3.05, 3.63) is 29.3 Å². The van der Waals surface area contributed by atoms with E-state index in [4.69, 9.17) is 4.74 Å². The summed E-state index contributed by atoms with van der Waals surface area (Å²) < 4.78 is 5.75. The standard InChI is InChI=1S/C16H26N2O2/c1-13-5-4-6-16(14(13)2)20-12-15(19)11-18-9-7-17(3)8-10-18/h4-6,15,19H,7-12H2,1-3H3/t15-/m0/s1. The normalized spacial score (nSPS) is 19.0. The van der Waals surface area contributed by atoms with Crippen LogP contribution < -0.4 is 4.74 Å². The van der Waals surface area contributed by atoms with Crippen LogP contribution in [0, 0.1) is 13.8 Å². The van der Waals surface area contributed by atoms with E-state index in [1.807, 2.05) is 12.1 Å². The van der Waals surface area contributed by atoms with Crippen molar-refractivity contribution in [2.24, 2.45) is 0 Å². The Kier molecular flexibility index (Phi) is 5.40. The SMILES string of the molecule is Cc1cccc(OC[C@@H](O)CN2CCN(C)CC2)c1C. The summed E-state index contributed by atoms with van der Waals surface area (Å²) in [5, 5.41) is 10.1. The Morgan fingerprint density at radius 2 is 1.90 bits per heavy atom. The predicted octanol–water partition coefficient (Wildman–Crippen LogP) is 1.29. The van der Waals surface area contributed by atoms with Gasteiger partial charge in [-0.3, -0.25) is 4.90 Å². The molecule has 1 heterocycles. The van der Waals surface area contributed by atoms with Gasteiger partial charge >= 0.3 is 0 Å². The summed E-state index contributed by atoms with van der Waals surface area (Å²) in [4.78, 5) is 4.62. The Morgan fingerprint density at radius 3 is 2.60 bits per heavy atom. The number of aliphatic hydroxyl groups excluding tert-OH is 1. The molecule has 20 heavy (non-hydrogen) atoms. The number of piperazine rings is 1. The third-order valence-corrected chi connectivity index (χ3v) is 4.05. The molecule has 1 atom stereocenters. The van der Waals surface area contributed by atoms with Gasteiger partial charge in [-0.05, 0) is 38.1 Å². The Labute approximate surface area is 122 Å². The fraction of sp³-hybridized carbons (Fsp3) is 0.625. The van der Waals surface area contributed by atoms with E-state index in [2.05, 4.69) is 36.8 Å². The highest BCUT2D eigenvalue weighted by molar-refractivity contribution is 5.38. The first-order valence-electron chi connectivity index (χ1n) is 7.34. The van der Waals surface area contributed by atoms with Crippen molar-refractivity contribution in [3.63, 3.8) is 0 Å². The Balaban J connectivity index is 1.77. The zero-order valence-corrected chi connectivity index (χ0v) is 12.8. The summed E-state index contributed by atoms with van der Waals surface area (Å²) in [5.41, 5.74) is 2.37. The molecule has 0 aromatic heterocycles. The molecule has 1 saturated heterocycles. The van der Waals surface area contributed by atoms with E-state index in [1.165, 1.54) is 5.56 Å². The van der Waals surface area contributed by atoms with E-state index in [0.717, 1.165) is 37.5 Å². The Morgan fingerprint density at radius 1 is 1.20 bits per heavy atom. The lowest BCUT2D eigenvalue weighted by atomic mass is 10.1. The fourth-order valence-corrected chi connectivity index (χ4v) is 2.45. The number of hydrogen-bond donors (Lipinski definition) is 1. The third-order valence-electron chi connectivity index (χ3n) is 4.05. The van der Waals surface area contributed by atoms with Crippen LogP contribution in [0.4, 0.5) is 0 Å². The minimum absolute atomic E-state index is 0.358. The molecule has 0 bridgehead atoms. The molecule has 1 aliphatic rings. The van der Waals surface area contributed by atoms with E-state index in [0.29, 0.717) is 13.2 Å². The molecule has 1 aromatic carbocycles. The Hall–Kier alpha value is -1.10. The van der Waals surface area contributed by atoms with E-state index >= 15 is 0 Å². The molecule has 0 saturated carbocycles. The van der Waals surface area contributed by atoms with Crippen molar-refractivity contribution in [3.8, 4) is 5.75 Å². The van der Waals surface area contributed by atoms with Gasteiger partial charge in [0.25, 0.3) is 0 Å². The van der Waals surface area contributed by atoms with Crippen LogP contribution in [0.5, 0.6) is 5.75 Å². The monoisotopic (exact) mass is 278 g/mol. The van der Waals surface area contributed by atoms with Crippen LogP contribution in [-0.2, 0) is 0 Å². The van der Waals surface area contributed by atoms with Gasteiger partial charge in [-0.2, -0.15) is 0 Å². The minimum atomic E-state index is -0.432.